The van der Waals surface area contributed by atoms with Crippen molar-refractivity contribution in [2.75, 3.05) is 0 Å². The van der Waals surface area contributed by atoms with Gasteiger partial charge in [-0.05, 0) is 73.7 Å². The van der Waals surface area contributed by atoms with E-state index in [1.165, 1.54) is 16.8 Å². The molecule has 1 fully saturated rings. The van der Waals surface area contributed by atoms with Crippen LogP contribution in [0.15, 0.2) is 75.7 Å². The summed E-state index contributed by atoms with van der Waals surface area (Å²) in [6.45, 7) is 4.02. The number of hydrogen-bond acceptors (Lipinski definition) is 5. The number of carboxylic acids is 1. The fraction of sp³-hybridized carbons (Fsp3) is 0.185. The van der Waals surface area contributed by atoms with Gasteiger partial charge < -0.3 is 10.2 Å². The number of aromatic hydroxyl groups is 1. The Bertz CT molecular complexity index is 1540. The molecule has 5 rings (SSSR count). The third kappa shape index (κ3) is 4.26. The molecule has 176 valence electrons. The number of H-pyrrole nitrogens is 1. The van der Waals surface area contributed by atoms with Crippen LogP contribution in [0.3, 0.4) is 0 Å². The van der Waals surface area contributed by atoms with Crippen molar-refractivity contribution in [2.24, 2.45) is 10.2 Å². The van der Waals surface area contributed by atoms with E-state index in [4.69, 9.17) is 0 Å². The molecule has 0 amide bonds. The summed E-state index contributed by atoms with van der Waals surface area (Å²) in [5.41, 5.74) is 4.86. The second kappa shape index (κ2) is 8.72. The number of aromatic carboxylic acids is 1. The number of phenolic OH excluding ortho intramolecular Hbond substituents is 1. The molecule has 3 aromatic carbocycles. The number of azo groups is 1. The van der Waals surface area contributed by atoms with Gasteiger partial charge in [0.05, 0.1) is 16.9 Å². The minimum atomic E-state index is -1.05. The van der Waals surface area contributed by atoms with Crippen molar-refractivity contribution in [1.82, 2.24) is 9.78 Å². The number of hydrogen-bond donors (Lipinski definition) is 3. The fourth-order valence-corrected chi connectivity index (χ4v) is 4.01. The summed E-state index contributed by atoms with van der Waals surface area (Å²) in [4.78, 5) is 24.6. The number of rotatable bonds is 6. The molecule has 0 saturated heterocycles. The lowest BCUT2D eigenvalue weighted by molar-refractivity contribution is 0.0697. The Hall–Kier alpha value is -4.46. The van der Waals surface area contributed by atoms with Crippen molar-refractivity contribution in [2.45, 2.75) is 32.6 Å². The zero-order valence-electron chi connectivity index (χ0n) is 19.3. The Morgan fingerprint density at radius 2 is 1.77 bits per heavy atom. The monoisotopic (exact) mass is 468 g/mol. The largest absolute Gasteiger partial charge is 0.505 e. The Morgan fingerprint density at radius 3 is 2.49 bits per heavy atom. The number of carbonyl (C=O) groups is 1. The molecule has 0 aliphatic heterocycles. The summed E-state index contributed by atoms with van der Waals surface area (Å²) in [6, 6.07) is 17.1. The molecule has 0 unspecified atom stereocenters. The highest BCUT2D eigenvalue weighted by Crippen LogP contribution is 2.43. The maximum atomic E-state index is 13.3. The second-order valence-corrected chi connectivity index (χ2v) is 8.82. The Balaban J connectivity index is 1.54. The van der Waals surface area contributed by atoms with Crippen LogP contribution in [0.25, 0.3) is 16.8 Å². The van der Waals surface area contributed by atoms with E-state index in [2.05, 4.69) is 15.3 Å². The lowest BCUT2D eigenvalue weighted by atomic mass is 10.0. The fourth-order valence-electron chi connectivity index (χ4n) is 4.01. The number of benzene rings is 3. The summed E-state index contributed by atoms with van der Waals surface area (Å²) in [5.74, 6) is -0.970. The van der Waals surface area contributed by atoms with Crippen LogP contribution in [0.1, 0.15) is 45.9 Å². The van der Waals surface area contributed by atoms with Crippen molar-refractivity contribution < 1.29 is 15.0 Å². The molecule has 1 heterocycles. The average molecular weight is 469 g/mol. The number of para-hydroxylation sites is 1. The van der Waals surface area contributed by atoms with Crippen LogP contribution < -0.4 is 5.56 Å². The van der Waals surface area contributed by atoms with Gasteiger partial charge in [0.25, 0.3) is 5.56 Å². The smallest absolute Gasteiger partial charge is 0.335 e. The highest BCUT2D eigenvalue weighted by Gasteiger charge is 2.31. The maximum absolute atomic E-state index is 13.3. The molecule has 8 nitrogen and oxygen atoms in total. The first-order valence-corrected chi connectivity index (χ1v) is 11.3. The Morgan fingerprint density at radius 1 is 1.00 bits per heavy atom. The number of nitrogens with zero attached hydrogens (tertiary/aromatic N) is 3. The van der Waals surface area contributed by atoms with Gasteiger partial charge in [-0.1, -0.05) is 30.3 Å². The van der Waals surface area contributed by atoms with E-state index in [1.54, 1.807) is 30.3 Å². The zero-order chi connectivity index (χ0) is 24.7. The van der Waals surface area contributed by atoms with E-state index in [1.807, 2.05) is 32.0 Å². The SMILES string of the molecule is Cc1ccc(-n2[nH]c(C3CC3)c(N=Nc3cccc(-c4cccc(C(=O)O)c4)c3O)c2=O)cc1C. The van der Waals surface area contributed by atoms with Gasteiger partial charge in [-0.3, -0.25) is 9.89 Å². The summed E-state index contributed by atoms with van der Waals surface area (Å²) in [6.07, 6.45) is 1.94. The van der Waals surface area contributed by atoms with E-state index >= 15 is 0 Å². The first-order chi connectivity index (χ1) is 16.8. The average Bonchev–Trinajstić information content (AvgIpc) is 3.64. The van der Waals surface area contributed by atoms with Crippen LogP contribution in [0.4, 0.5) is 11.4 Å². The summed E-state index contributed by atoms with van der Waals surface area (Å²) < 4.78 is 1.49. The lowest BCUT2D eigenvalue weighted by Gasteiger charge is -2.07. The minimum Gasteiger partial charge on any atom is -0.505 e. The standard InChI is InChI=1S/C27H24N4O4/c1-15-9-12-20(13-16(15)2)31-26(33)24(23(30-31)17-10-11-17)29-28-22-8-4-7-21(25(22)32)18-5-3-6-19(14-18)27(34)35/h3-9,12-14,17,30,32H,10-11H2,1-2H3,(H,34,35). The topological polar surface area (TPSA) is 120 Å². The van der Waals surface area contributed by atoms with Crippen LogP contribution in [0.2, 0.25) is 0 Å². The van der Waals surface area contributed by atoms with Gasteiger partial charge in [0, 0.05) is 11.5 Å². The third-order valence-corrected chi connectivity index (χ3v) is 6.32. The van der Waals surface area contributed by atoms with Gasteiger partial charge in [-0.15, -0.1) is 10.2 Å². The van der Waals surface area contributed by atoms with Crippen molar-refractivity contribution in [3.63, 3.8) is 0 Å². The second-order valence-electron chi connectivity index (χ2n) is 8.82. The van der Waals surface area contributed by atoms with E-state index in [0.717, 1.165) is 35.3 Å². The van der Waals surface area contributed by atoms with Gasteiger partial charge >= 0.3 is 5.97 Å². The van der Waals surface area contributed by atoms with E-state index in [0.29, 0.717) is 11.1 Å². The maximum Gasteiger partial charge on any atom is 0.335 e. The predicted octanol–water partition coefficient (Wildman–Crippen LogP) is 6.15. The van der Waals surface area contributed by atoms with Crippen LogP contribution >= 0.6 is 0 Å². The number of aryl methyl sites for hydroxylation is 2. The molecule has 0 spiro atoms. The van der Waals surface area contributed by atoms with Gasteiger partial charge in [0.15, 0.2) is 11.4 Å². The normalized spacial score (nSPS) is 13.4. The Kier molecular flexibility index (Phi) is 5.56. The van der Waals surface area contributed by atoms with Gasteiger partial charge in [-0.2, -0.15) is 0 Å². The number of carboxylic acid groups (broad SMARTS) is 1. The quantitative estimate of drug-likeness (QED) is 0.294. The molecule has 4 aromatic rings. The molecule has 1 aliphatic rings. The molecule has 35 heavy (non-hydrogen) atoms. The molecule has 3 N–H and O–H groups in total. The van der Waals surface area contributed by atoms with Crippen molar-refractivity contribution in [3.8, 4) is 22.6 Å². The number of nitrogens with one attached hydrogen (secondary N) is 1. The highest BCUT2D eigenvalue weighted by atomic mass is 16.4. The van der Waals surface area contributed by atoms with Crippen molar-refractivity contribution >= 4 is 17.3 Å². The van der Waals surface area contributed by atoms with E-state index in [-0.39, 0.29) is 34.2 Å². The molecule has 8 heteroatoms. The minimum absolute atomic E-state index is 0.113. The molecule has 0 atom stereocenters. The molecular formula is C27H24N4O4. The molecular weight excluding hydrogens is 444 g/mol. The molecule has 0 bridgehead atoms. The summed E-state index contributed by atoms with van der Waals surface area (Å²) in [5, 5.41) is 31.8. The molecule has 1 saturated carbocycles. The summed E-state index contributed by atoms with van der Waals surface area (Å²) in [7, 11) is 0. The van der Waals surface area contributed by atoms with E-state index in [9.17, 15) is 19.8 Å². The lowest BCUT2D eigenvalue weighted by Crippen LogP contribution is -2.14. The van der Waals surface area contributed by atoms with Crippen molar-refractivity contribution in [3.05, 3.63) is 93.4 Å². The number of phenols is 1. The number of aromatic nitrogens is 2. The predicted molar refractivity (Wildman–Crippen MR) is 133 cm³/mol. The van der Waals surface area contributed by atoms with Gasteiger partial charge in [0.2, 0.25) is 0 Å². The zero-order valence-corrected chi connectivity index (χ0v) is 19.3. The van der Waals surface area contributed by atoms with Crippen molar-refractivity contribution in [1.29, 1.82) is 0 Å². The van der Waals surface area contributed by atoms with Crippen LogP contribution in [-0.4, -0.2) is 26.0 Å². The van der Waals surface area contributed by atoms with Gasteiger partial charge in [-0.25, -0.2) is 9.48 Å². The molecule has 1 aromatic heterocycles. The highest BCUT2D eigenvalue weighted by molar-refractivity contribution is 5.90. The Labute approximate surface area is 201 Å². The first-order valence-electron chi connectivity index (χ1n) is 11.3. The van der Waals surface area contributed by atoms with Gasteiger partial charge in [0.1, 0.15) is 5.69 Å². The number of aromatic amines is 1. The van der Waals surface area contributed by atoms with Crippen LogP contribution in [0, 0.1) is 13.8 Å². The first kappa shape index (κ1) is 22.3. The molecule has 1 aliphatic carbocycles. The third-order valence-electron chi connectivity index (χ3n) is 6.32. The molecule has 0 radical (unpaired) electrons. The summed E-state index contributed by atoms with van der Waals surface area (Å²) >= 11 is 0. The van der Waals surface area contributed by atoms with E-state index < -0.39 is 5.97 Å². The van der Waals surface area contributed by atoms with Crippen LogP contribution in [-0.2, 0) is 0 Å². The van der Waals surface area contributed by atoms with Crippen LogP contribution in [0.5, 0.6) is 5.75 Å².